The van der Waals surface area contributed by atoms with Crippen LogP contribution in [-0.4, -0.2) is 54.2 Å². The molecule has 1 unspecified atom stereocenters. The SMILES string of the molecule is NCCNC(=O)C1CCCN(CC2(O)CCCCC2)C1. The maximum Gasteiger partial charge on any atom is 0.224 e. The number of hydrogen-bond acceptors (Lipinski definition) is 4. The number of carbonyl (C=O) groups is 1. The van der Waals surface area contributed by atoms with Crippen molar-refractivity contribution < 1.29 is 9.90 Å². The topological polar surface area (TPSA) is 78.6 Å². The Kier molecular flexibility index (Phi) is 5.81. The van der Waals surface area contributed by atoms with Crippen molar-refractivity contribution in [1.29, 1.82) is 0 Å². The van der Waals surface area contributed by atoms with Gasteiger partial charge in [0.05, 0.1) is 11.5 Å². The third-order valence-electron chi connectivity index (χ3n) is 4.62. The zero-order valence-corrected chi connectivity index (χ0v) is 12.4. The van der Waals surface area contributed by atoms with Gasteiger partial charge in [0.1, 0.15) is 0 Å². The minimum Gasteiger partial charge on any atom is -0.389 e. The van der Waals surface area contributed by atoms with Gasteiger partial charge >= 0.3 is 0 Å². The number of aliphatic hydroxyl groups is 1. The highest BCUT2D eigenvalue weighted by Gasteiger charge is 2.34. The summed E-state index contributed by atoms with van der Waals surface area (Å²) >= 11 is 0. The first kappa shape index (κ1) is 15.7. The van der Waals surface area contributed by atoms with Crippen LogP contribution in [0.2, 0.25) is 0 Å². The van der Waals surface area contributed by atoms with Crippen LogP contribution in [0, 0.1) is 5.92 Å². The minimum atomic E-state index is -0.520. The van der Waals surface area contributed by atoms with Crippen molar-refractivity contribution in [3.05, 3.63) is 0 Å². The van der Waals surface area contributed by atoms with Gasteiger partial charge in [0, 0.05) is 26.2 Å². The summed E-state index contributed by atoms with van der Waals surface area (Å²) in [5.41, 5.74) is 4.90. The van der Waals surface area contributed by atoms with Gasteiger partial charge in [0.15, 0.2) is 0 Å². The van der Waals surface area contributed by atoms with E-state index in [-0.39, 0.29) is 11.8 Å². The zero-order chi connectivity index (χ0) is 14.4. The smallest absolute Gasteiger partial charge is 0.224 e. The highest BCUT2D eigenvalue weighted by molar-refractivity contribution is 5.78. The molecule has 2 rings (SSSR count). The van der Waals surface area contributed by atoms with Crippen molar-refractivity contribution in [2.75, 3.05) is 32.7 Å². The van der Waals surface area contributed by atoms with E-state index in [1.165, 1.54) is 6.42 Å². The molecule has 0 radical (unpaired) electrons. The average molecular weight is 283 g/mol. The van der Waals surface area contributed by atoms with Crippen molar-refractivity contribution in [2.45, 2.75) is 50.5 Å². The normalized spacial score (nSPS) is 27.2. The summed E-state index contributed by atoms with van der Waals surface area (Å²) in [5, 5.41) is 13.5. The van der Waals surface area contributed by atoms with Crippen LogP contribution in [0.25, 0.3) is 0 Å². The number of rotatable bonds is 5. The number of nitrogens with zero attached hydrogens (tertiary/aromatic N) is 1. The molecule has 1 amide bonds. The number of carbonyl (C=O) groups excluding carboxylic acids is 1. The molecule has 4 N–H and O–H groups in total. The fourth-order valence-corrected chi connectivity index (χ4v) is 3.54. The molecule has 0 aromatic heterocycles. The molecule has 0 aromatic rings. The summed E-state index contributed by atoms with van der Waals surface area (Å²) < 4.78 is 0. The van der Waals surface area contributed by atoms with Gasteiger partial charge in [-0.3, -0.25) is 9.69 Å². The van der Waals surface area contributed by atoms with Gasteiger partial charge in [-0.1, -0.05) is 19.3 Å². The van der Waals surface area contributed by atoms with Crippen molar-refractivity contribution >= 4 is 5.91 Å². The Labute approximate surface area is 121 Å². The minimum absolute atomic E-state index is 0.0579. The van der Waals surface area contributed by atoms with E-state index in [0.29, 0.717) is 13.1 Å². The molecule has 116 valence electrons. The van der Waals surface area contributed by atoms with Crippen LogP contribution < -0.4 is 11.1 Å². The quantitative estimate of drug-likeness (QED) is 0.685. The first-order chi connectivity index (χ1) is 9.63. The molecular formula is C15H29N3O2. The Morgan fingerprint density at radius 1 is 1.30 bits per heavy atom. The number of β-amino-alcohol motifs (C(OH)–C–C–N with tert-alkyl or cyclic N) is 1. The van der Waals surface area contributed by atoms with Gasteiger partial charge in [0.25, 0.3) is 0 Å². The third-order valence-corrected chi connectivity index (χ3v) is 4.62. The highest BCUT2D eigenvalue weighted by atomic mass is 16.3. The Morgan fingerprint density at radius 2 is 2.05 bits per heavy atom. The third kappa shape index (κ3) is 4.43. The van der Waals surface area contributed by atoms with E-state index in [9.17, 15) is 9.90 Å². The van der Waals surface area contributed by atoms with Crippen LogP contribution in [0.15, 0.2) is 0 Å². The van der Waals surface area contributed by atoms with E-state index in [2.05, 4.69) is 10.2 Å². The van der Waals surface area contributed by atoms with E-state index in [1.807, 2.05) is 0 Å². The molecule has 2 aliphatic rings. The first-order valence-electron chi connectivity index (χ1n) is 8.05. The van der Waals surface area contributed by atoms with Gasteiger partial charge in [-0.25, -0.2) is 0 Å². The largest absolute Gasteiger partial charge is 0.389 e. The molecule has 5 heteroatoms. The van der Waals surface area contributed by atoms with Crippen molar-refractivity contribution in [3.8, 4) is 0 Å². The van der Waals surface area contributed by atoms with Gasteiger partial charge in [-0.15, -0.1) is 0 Å². The van der Waals surface area contributed by atoms with E-state index < -0.39 is 5.60 Å². The standard InChI is InChI=1S/C15H29N3O2/c16-8-9-17-14(19)13-5-4-10-18(11-13)12-15(20)6-2-1-3-7-15/h13,20H,1-12,16H2,(H,17,19). The lowest BCUT2D eigenvalue weighted by atomic mass is 9.83. The van der Waals surface area contributed by atoms with E-state index in [1.54, 1.807) is 0 Å². The van der Waals surface area contributed by atoms with Crippen LogP contribution in [-0.2, 0) is 4.79 Å². The average Bonchev–Trinajstić information content (AvgIpc) is 2.45. The lowest BCUT2D eigenvalue weighted by Gasteiger charge is -2.40. The van der Waals surface area contributed by atoms with Crippen LogP contribution in [0.1, 0.15) is 44.9 Å². The van der Waals surface area contributed by atoms with Gasteiger partial charge < -0.3 is 16.2 Å². The summed E-state index contributed by atoms with van der Waals surface area (Å²) in [5.74, 6) is 0.179. The van der Waals surface area contributed by atoms with E-state index in [4.69, 9.17) is 5.73 Å². The Balaban J connectivity index is 1.82. The molecule has 0 bridgehead atoms. The maximum atomic E-state index is 12.0. The number of nitrogens with two attached hydrogens (primary N) is 1. The van der Waals surface area contributed by atoms with E-state index in [0.717, 1.165) is 58.2 Å². The lowest BCUT2D eigenvalue weighted by molar-refractivity contribution is -0.127. The summed E-state index contributed by atoms with van der Waals surface area (Å²) in [4.78, 5) is 14.3. The molecule has 1 heterocycles. The summed E-state index contributed by atoms with van der Waals surface area (Å²) in [6.07, 6.45) is 7.31. The Bertz CT molecular complexity index is 316. The summed E-state index contributed by atoms with van der Waals surface area (Å²) in [7, 11) is 0. The molecule has 1 aliphatic carbocycles. The molecule has 0 spiro atoms. The maximum absolute atomic E-state index is 12.0. The second kappa shape index (κ2) is 7.38. The second-order valence-corrected chi connectivity index (χ2v) is 6.44. The number of hydrogen-bond donors (Lipinski definition) is 3. The lowest BCUT2D eigenvalue weighted by Crippen LogP contribution is -2.50. The molecule has 1 aliphatic heterocycles. The van der Waals surface area contributed by atoms with Crippen molar-refractivity contribution in [3.63, 3.8) is 0 Å². The first-order valence-corrected chi connectivity index (χ1v) is 8.05. The highest BCUT2D eigenvalue weighted by Crippen LogP contribution is 2.30. The number of amides is 1. The summed E-state index contributed by atoms with van der Waals surface area (Å²) in [6, 6.07) is 0. The number of likely N-dealkylation sites (tertiary alicyclic amines) is 1. The molecule has 2 fully saturated rings. The molecule has 1 atom stereocenters. The predicted octanol–water partition coefficient (Wildman–Crippen LogP) is 0.468. The fourth-order valence-electron chi connectivity index (χ4n) is 3.54. The Morgan fingerprint density at radius 3 is 2.75 bits per heavy atom. The molecule has 1 saturated heterocycles. The van der Waals surface area contributed by atoms with E-state index >= 15 is 0 Å². The second-order valence-electron chi connectivity index (χ2n) is 6.44. The van der Waals surface area contributed by atoms with Crippen LogP contribution in [0.3, 0.4) is 0 Å². The zero-order valence-electron chi connectivity index (χ0n) is 12.4. The van der Waals surface area contributed by atoms with Crippen molar-refractivity contribution in [2.24, 2.45) is 11.7 Å². The Hall–Kier alpha value is -0.650. The molecule has 1 saturated carbocycles. The molecule has 5 nitrogen and oxygen atoms in total. The van der Waals surface area contributed by atoms with Gasteiger partial charge in [-0.2, -0.15) is 0 Å². The summed E-state index contributed by atoms with van der Waals surface area (Å²) in [6.45, 7) is 3.55. The predicted molar refractivity (Wildman–Crippen MR) is 79.3 cm³/mol. The van der Waals surface area contributed by atoms with Crippen LogP contribution in [0.4, 0.5) is 0 Å². The van der Waals surface area contributed by atoms with Crippen molar-refractivity contribution in [1.82, 2.24) is 10.2 Å². The van der Waals surface area contributed by atoms with Crippen LogP contribution in [0.5, 0.6) is 0 Å². The number of piperidine rings is 1. The molecular weight excluding hydrogens is 254 g/mol. The number of nitrogens with one attached hydrogen (secondary N) is 1. The molecule has 0 aromatic carbocycles. The van der Waals surface area contributed by atoms with Gasteiger partial charge in [-0.05, 0) is 32.2 Å². The van der Waals surface area contributed by atoms with Gasteiger partial charge in [0.2, 0.25) is 5.91 Å². The fraction of sp³-hybridized carbons (Fsp3) is 0.933. The monoisotopic (exact) mass is 283 g/mol. The molecule has 20 heavy (non-hydrogen) atoms. The van der Waals surface area contributed by atoms with Crippen LogP contribution >= 0.6 is 0 Å².